The highest BCUT2D eigenvalue weighted by atomic mass is 19.4. The number of nitrogens with one attached hydrogen (secondary N) is 1. The number of aryl methyl sites for hydroxylation is 1. The minimum Gasteiger partial charge on any atom is -0.340 e. The van der Waals surface area contributed by atoms with Gasteiger partial charge in [0.25, 0.3) is 5.91 Å². The lowest BCUT2D eigenvalue weighted by Gasteiger charge is -2.23. The van der Waals surface area contributed by atoms with Gasteiger partial charge < -0.3 is 5.32 Å². The molecule has 0 fully saturated rings. The summed E-state index contributed by atoms with van der Waals surface area (Å²) in [6.07, 6.45) is -1.70. The zero-order valence-corrected chi connectivity index (χ0v) is 16.5. The summed E-state index contributed by atoms with van der Waals surface area (Å²) in [5.41, 5.74) is 1.15. The molecule has 4 nitrogen and oxygen atoms in total. The number of carbonyl (C=O) groups is 1. The van der Waals surface area contributed by atoms with E-state index >= 15 is 0 Å². The second kappa shape index (κ2) is 8.18. The molecule has 0 bridgehead atoms. The molecule has 0 aliphatic rings. The Kier molecular flexibility index (Phi) is 5.42. The molecule has 1 atom stereocenters. The molecule has 0 aliphatic heterocycles. The molecule has 2 heterocycles. The van der Waals surface area contributed by atoms with Crippen molar-refractivity contribution >= 4 is 16.8 Å². The topological polar surface area (TPSA) is 54.9 Å². The second-order valence-corrected chi connectivity index (χ2v) is 7.17. The fraction of sp³-hybridized carbons (Fsp3) is 0.125. The number of fused-ring (bicyclic) bond motifs is 1. The number of hydrogen-bond donors (Lipinski definition) is 1. The first-order valence-corrected chi connectivity index (χ1v) is 9.57. The van der Waals surface area contributed by atoms with Crippen molar-refractivity contribution in [1.29, 1.82) is 0 Å². The molecule has 2 aromatic heterocycles. The highest BCUT2D eigenvalue weighted by Crippen LogP contribution is 2.35. The Labute approximate surface area is 176 Å². The third-order valence-electron chi connectivity index (χ3n) is 4.94. The van der Waals surface area contributed by atoms with Crippen molar-refractivity contribution in [2.24, 2.45) is 0 Å². The minimum absolute atomic E-state index is 0.257. The highest BCUT2D eigenvalue weighted by molar-refractivity contribution is 5.98. The smallest absolute Gasteiger partial charge is 0.340 e. The quantitative estimate of drug-likeness (QED) is 0.475. The number of hydrogen-bond acceptors (Lipinski definition) is 3. The predicted molar refractivity (Wildman–Crippen MR) is 111 cm³/mol. The number of amides is 1. The van der Waals surface area contributed by atoms with E-state index in [4.69, 9.17) is 0 Å². The number of pyridine rings is 2. The number of rotatable bonds is 4. The molecule has 0 radical (unpaired) electrons. The van der Waals surface area contributed by atoms with Crippen molar-refractivity contribution in [3.05, 3.63) is 107 Å². The minimum atomic E-state index is -4.61. The molecule has 2 aromatic carbocycles. The Morgan fingerprint density at radius 1 is 0.935 bits per heavy atom. The van der Waals surface area contributed by atoms with Crippen molar-refractivity contribution in [2.75, 3.05) is 0 Å². The van der Waals surface area contributed by atoms with Gasteiger partial charge in [0, 0.05) is 23.3 Å². The highest BCUT2D eigenvalue weighted by Gasteiger charge is 2.37. The summed E-state index contributed by atoms with van der Waals surface area (Å²) in [4.78, 5) is 21.3. The van der Waals surface area contributed by atoms with Gasteiger partial charge in [-0.2, -0.15) is 13.2 Å². The molecule has 7 heteroatoms. The summed E-state index contributed by atoms with van der Waals surface area (Å²) >= 11 is 0. The summed E-state index contributed by atoms with van der Waals surface area (Å²) < 4.78 is 41.0. The number of carbonyl (C=O) groups excluding carboxylic acids is 1. The predicted octanol–water partition coefficient (Wildman–Crippen LogP) is 5.48. The van der Waals surface area contributed by atoms with Gasteiger partial charge in [0.15, 0.2) is 0 Å². The van der Waals surface area contributed by atoms with Gasteiger partial charge >= 0.3 is 6.18 Å². The molecule has 0 saturated heterocycles. The van der Waals surface area contributed by atoms with E-state index in [-0.39, 0.29) is 5.69 Å². The summed E-state index contributed by atoms with van der Waals surface area (Å²) in [5, 5.41) is 3.60. The standard InChI is InChI=1S/C24H18F3N3O/c1-15-5-2-6-17(13-15)21(22-19(24(25,26)27)8-4-12-29-22)30-23(31)18-10-9-16-7-3-11-28-20(16)14-18/h2-14,21H,1H3,(H,30,31)/t21-/m0/s1. The van der Waals surface area contributed by atoms with Crippen LogP contribution >= 0.6 is 0 Å². The summed E-state index contributed by atoms with van der Waals surface area (Å²) in [6.45, 7) is 1.83. The average Bonchev–Trinajstić information content (AvgIpc) is 2.76. The van der Waals surface area contributed by atoms with Crippen LogP contribution in [0.1, 0.15) is 38.8 Å². The van der Waals surface area contributed by atoms with E-state index in [1.165, 1.54) is 12.3 Å². The molecule has 0 unspecified atom stereocenters. The lowest BCUT2D eigenvalue weighted by Crippen LogP contribution is -2.31. The van der Waals surface area contributed by atoms with Gasteiger partial charge in [-0.05, 0) is 42.8 Å². The Balaban J connectivity index is 1.77. The van der Waals surface area contributed by atoms with Crippen molar-refractivity contribution in [1.82, 2.24) is 15.3 Å². The molecule has 0 aliphatic carbocycles. The molecular formula is C24H18F3N3O. The van der Waals surface area contributed by atoms with Crippen LogP contribution in [-0.4, -0.2) is 15.9 Å². The third-order valence-corrected chi connectivity index (χ3v) is 4.94. The first-order valence-electron chi connectivity index (χ1n) is 9.57. The summed E-state index contributed by atoms with van der Waals surface area (Å²) in [7, 11) is 0. The number of benzene rings is 2. The van der Waals surface area contributed by atoms with E-state index < -0.39 is 23.7 Å². The van der Waals surface area contributed by atoms with Crippen molar-refractivity contribution < 1.29 is 18.0 Å². The molecule has 4 aromatic rings. The number of nitrogens with zero attached hydrogens (tertiary/aromatic N) is 2. The second-order valence-electron chi connectivity index (χ2n) is 7.17. The average molecular weight is 421 g/mol. The van der Waals surface area contributed by atoms with E-state index in [2.05, 4.69) is 15.3 Å². The zero-order chi connectivity index (χ0) is 22.0. The maximum Gasteiger partial charge on any atom is 0.418 e. The van der Waals surface area contributed by atoms with Crippen LogP contribution in [0.25, 0.3) is 10.9 Å². The normalized spacial score (nSPS) is 12.5. The Morgan fingerprint density at radius 2 is 1.71 bits per heavy atom. The molecule has 0 spiro atoms. The van der Waals surface area contributed by atoms with E-state index in [1.54, 1.807) is 48.7 Å². The van der Waals surface area contributed by atoms with E-state index in [0.29, 0.717) is 16.6 Å². The van der Waals surface area contributed by atoms with Gasteiger partial charge in [-0.25, -0.2) is 0 Å². The largest absolute Gasteiger partial charge is 0.418 e. The van der Waals surface area contributed by atoms with Crippen LogP contribution in [0.5, 0.6) is 0 Å². The van der Waals surface area contributed by atoms with Gasteiger partial charge in [0.2, 0.25) is 0 Å². The molecule has 4 rings (SSSR count). The molecule has 31 heavy (non-hydrogen) atoms. The molecule has 156 valence electrons. The van der Waals surface area contributed by atoms with Crippen LogP contribution in [0.3, 0.4) is 0 Å². The summed E-state index contributed by atoms with van der Waals surface area (Å²) in [6, 6.07) is 16.7. The molecule has 1 amide bonds. The maximum absolute atomic E-state index is 13.7. The van der Waals surface area contributed by atoms with E-state index in [9.17, 15) is 18.0 Å². The van der Waals surface area contributed by atoms with Crippen molar-refractivity contribution in [3.63, 3.8) is 0 Å². The monoisotopic (exact) mass is 421 g/mol. The first kappa shape index (κ1) is 20.5. The Morgan fingerprint density at radius 3 is 2.48 bits per heavy atom. The van der Waals surface area contributed by atoms with Crippen LogP contribution in [0.2, 0.25) is 0 Å². The van der Waals surface area contributed by atoms with E-state index in [0.717, 1.165) is 17.0 Å². The van der Waals surface area contributed by atoms with Gasteiger partial charge in [-0.1, -0.05) is 42.0 Å². The van der Waals surface area contributed by atoms with Gasteiger partial charge in [0.1, 0.15) is 0 Å². The fourth-order valence-electron chi connectivity index (χ4n) is 3.47. The molecule has 1 N–H and O–H groups in total. The van der Waals surface area contributed by atoms with E-state index in [1.807, 2.05) is 19.1 Å². The van der Waals surface area contributed by atoms with Crippen LogP contribution in [0.15, 0.2) is 79.1 Å². The van der Waals surface area contributed by atoms with Gasteiger partial charge in [-0.3, -0.25) is 14.8 Å². The fourth-order valence-corrected chi connectivity index (χ4v) is 3.47. The lowest BCUT2D eigenvalue weighted by molar-refractivity contribution is -0.138. The van der Waals surface area contributed by atoms with Gasteiger partial charge in [-0.15, -0.1) is 0 Å². The third kappa shape index (κ3) is 4.40. The van der Waals surface area contributed by atoms with Crippen molar-refractivity contribution in [2.45, 2.75) is 19.1 Å². The zero-order valence-electron chi connectivity index (χ0n) is 16.5. The SMILES string of the molecule is Cc1cccc([C@H](NC(=O)c2ccc3cccnc3c2)c2ncccc2C(F)(F)F)c1. The molecular weight excluding hydrogens is 403 g/mol. The number of halogens is 3. The summed E-state index contributed by atoms with van der Waals surface area (Å²) in [5.74, 6) is -0.516. The molecule has 0 saturated carbocycles. The number of aromatic nitrogens is 2. The van der Waals surface area contributed by atoms with Crippen LogP contribution in [0.4, 0.5) is 13.2 Å². The van der Waals surface area contributed by atoms with Crippen molar-refractivity contribution in [3.8, 4) is 0 Å². The first-order chi connectivity index (χ1) is 14.8. The Hall–Kier alpha value is -3.74. The van der Waals surface area contributed by atoms with Crippen LogP contribution in [0, 0.1) is 6.92 Å². The maximum atomic E-state index is 13.7. The number of alkyl halides is 3. The lowest BCUT2D eigenvalue weighted by atomic mass is 9.97. The van der Waals surface area contributed by atoms with Crippen LogP contribution in [-0.2, 0) is 6.18 Å². The van der Waals surface area contributed by atoms with Gasteiger partial charge in [0.05, 0.1) is 22.8 Å². The Bertz CT molecular complexity index is 1250. The van der Waals surface area contributed by atoms with Crippen LogP contribution < -0.4 is 5.32 Å².